The highest BCUT2D eigenvalue weighted by Gasteiger charge is 2.15. The summed E-state index contributed by atoms with van der Waals surface area (Å²) in [5, 5.41) is 14.7. The zero-order chi connectivity index (χ0) is 28.4. The van der Waals surface area contributed by atoms with Gasteiger partial charge in [-0.1, -0.05) is 52.0 Å². The SMILES string of the molecule is CC[C@@H](C)c1ccc(OCC(=O)Nc2cc(C(=O)O)ccc2NC(=O)COc2ccc([C@@H](C)CC)cc2)cc1. The Hall–Kier alpha value is -4.33. The van der Waals surface area contributed by atoms with Gasteiger partial charge < -0.3 is 25.2 Å². The predicted molar refractivity (Wildman–Crippen MR) is 152 cm³/mol. The number of ether oxygens (including phenoxy) is 2. The van der Waals surface area contributed by atoms with Crippen LogP contribution in [0.3, 0.4) is 0 Å². The van der Waals surface area contributed by atoms with Gasteiger partial charge in [0.25, 0.3) is 11.8 Å². The highest BCUT2D eigenvalue weighted by Crippen LogP contribution is 2.25. The molecule has 0 aromatic heterocycles. The molecule has 0 heterocycles. The Morgan fingerprint density at radius 2 is 1.13 bits per heavy atom. The van der Waals surface area contributed by atoms with Crippen LogP contribution in [0.4, 0.5) is 11.4 Å². The second-order valence-electron chi connectivity index (χ2n) is 9.50. The molecular weight excluding hydrogens is 496 g/mol. The molecule has 3 N–H and O–H groups in total. The van der Waals surface area contributed by atoms with E-state index in [4.69, 9.17) is 9.47 Å². The number of carboxylic acids is 1. The lowest BCUT2D eigenvalue weighted by Crippen LogP contribution is -2.24. The molecule has 3 rings (SSSR count). The number of carbonyl (C=O) groups is 3. The van der Waals surface area contributed by atoms with E-state index in [0.29, 0.717) is 23.3 Å². The van der Waals surface area contributed by atoms with Crippen LogP contribution in [0.1, 0.15) is 73.9 Å². The first-order valence-corrected chi connectivity index (χ1v) is 13.1. The molecule has 0 bridgehead atoms. The molecule has 0 radical (unpaired) electrons. The van der Waals surface area contributed by atoms with Gasteiger partial charge in [0, 0.05) is 0 Å². The average molecular weight is 533 g/mol. The van der Waals surface area contributed by atoms with Crippen molar-refractivity contribution >= 4 is 29.2 Å². The molecule has 0 aliphatic carbocycles. The van der Waals surface area contributed by atoms with Crippen LogP contribution < -0.4 is 20.1 Å². The minimum atomic E-state index is -1.16. The summed E-state index contributed by atoms with van der Waals surface area (Å²) in [6, 6.07) is 19.2. The van der Waals surface area contributed by atoms with Gasteiger partial charge in [-0.25, -0.2) is 4.79 Å². The highest BCUT2D eigenvalue weighted by molar-refractivity contribution is 6.02. The molecule has 3 aromatic rings. The zero-order valence-electron chi connectivity index (χ0n) is 22.8. The van der Waals surface area contributed by atoms with Gasteiger partial charge >= 0.3 is 5.97 Å². The van der Waals surface area contributed by atoms with Crippen LogP contribution in [0.15, 0.2) is 66.7 Å². The third kappa shape index (κ3) is 8.60. The minimum absolute atomic E-state index is 0.0394. The van der Waals surface area contributed by atoms with Gasteiger partial charge in [0.2, 0.25) is 0 Å². The second-order valence-corrected chi connectivity index (χ2v) is 9.50. The number of benzene rings is 3. The molecule has 0 aliphatic rings. The van der Waals surface area contributed by atoms with Crippen molar-refractivity contribution in [3.05, 3.63) is 83.4 Å². The summed E-state index contributed by atoms with van der Waals surface area (Å²) in [5.74, 6) is -0.164. The molecule has 39 heavy (non-hydrogen) atoms. The summed E-state index contributed by atoms with van der Waals surface area (Å²) in [4.78, 5) is 36.7. The molecule has 8 heteroatoms. The first kappa shape index (κ1) is 29.2. The number of hydrogen-bond donors (Lipinski definition) is 3. The molecule has 0 spiro atoms. The molecular formula is C31H36N2O6. The number of hydrogen-bond acceptors (Lipinski definition) is 5. The Balaban J connectivity index is 1.61. The summed E-state index contributed by atoms with van der Waals surface area (Å²) in [7, 11) is 0. The topological polar surface area (TPSA) is 114 Å². The van der Waals surface area contributed by atoms with Crippen LogP contribution in [0.2, 0.25) is 0 Å². The number of aromatic carboxylic acids is 1. The fourth-order valence-electron chi connectivity index (χ4n) is 3.82. The summed E-state index contributed by atoms with van der Waals surface area (Å²) in [5.41, 5.74) is 2.73. The van der Waals surface area contributed by atoms with Gasteiger partial charge in [0.15, 0.2) is 13.2 Å². The first-order chi connectivity index (χ1) is 18.7. The van der Waals surface area contributed by atoms with Crippen molar-refractivity contribution in [1.82, 2.24) is 0 Å². The fraction of sp³-hybridized carbons (Fsp3) is 0.323. The van der Waals surface area contributed by atoms with E-state index in [9.17, 15) is 19.5 Å². The molecule has 0 aliphatic heterocycles. The smallest absolute Gasteiger partial charge is 0.335 e. The molecule has 0 fully saturated rings. The number of nitrogens with one attached hydrogen (secondary N) is 2. The Morgan fingerprint density at radius 3 is 1.54 bits per heavy atom. The third-order valence-corrected chi connectivity index (χ3v) is 6.68. The molecule has 2 atom stereocenters. The van der Waals surface area contributed by atoms with E-state index in [2.05, 4.69) is 38.3 Å². The van der Waals surface area contributed by atoms with Crippen molar-refractivity contribution in [3.63, 3.8) is 0 Å². The zero-order valence-corrected chi connectivity index (χ0v) is 22.8. The van der Waals surface area contributed by atoms with Crippen molar-refractivity contribution in [1.29, 1.82) is 0 Å². The lowest BCUT2D eigenvalue weighted by Gasteiger charge is -2.15. The lowest BCUT2D eigenvalue weighted by molar-refractivity contribution is -0.119. The van der Waals surface area contributed by atoms with Gasteiger partial charge in [-0.15, -0.1) is 0 Å². The molecule has 2 amide bonds. The molecule has 3 aromatic carbocycles. The van der Waals surface area contributed by atoms with E-state index in [1.807, 2.05) is 48.5 Å². The standard InChI is InChI=1S/C31H36N2O6/c1-5-20(3)22-7-12-25(13-8-22)38-18-29(34)32-27-16-11-24(31(36)37)17-28(27)33-30(35)19-39-26-14-9-23(10-15-26)21(4)6-2/h7-17,20-21H,5-6,18-19H2,1-4H3,(H,32,34)(H,33,35)(H,36,37)/t20-,21+/m0/s1. The summed E-state index contributed by atoms with van der Waals surface area (Å²) in [6.07, 6.45) is 2.05. The van der Waals surface area contributed by atoms with Gasteiger partial charge in [0.1, 0.15) is 11.5 Å². The Morgan fingerprint density at radius 1 is 0.692 bits per heavy atom. The maximum atomic E-state index is 12.6. The number of rotatable bonds is 13. The fourth-order valence-corrected chi connectivity index (χ4v) is 3.82. The summed E-state index contributed by atoms with van der Waals surface area (Å²) < 4.78 is 11.2. The Labute approximate surface area is 229 Å². The van der Waals surface area contributed by atoms with E-state index >= 15 is 0 Å². The average Bonchev–Trinajstić information content (AvgIpc) is 2.95. The second kappa shape index (κ2) is 14.0. The maximum Gasteiger partial charge on any atom is 0.335 e. The monoisotopic (exact) mass is 532 g/mol. The summed E-state index contributed by atoms with van der Waals surface area (Å²) in [6.45, 7) is 7.98. The third-order valence-electron chi connectivity index (χ3n) is 6.68. The largest absolute Gasteiger partial charge is 0.484 e. The summed E-state index contributed by atoms with van der Waals surface area (Å²) >= 11 is 0. The van der Waals surface area contributed by atoms with Crippen molar-refractivity contribution in [3.8, 4) is 11.5 Å². The van der Waals surface area contributed by atoms with E-state index < -0.39 is 17.8 Å². The Kier molecular flexibility index (Phi) is 10.5. The van der Waals surface area contributed by atoms with Crippen molar-refractivity contribution < 1.29 is 29.0 Å². The van der Waals surface area contributed by atoms with E-state index in [0.717, 1.165) is 12.8 Å². The normalized spacial score (nSPS) is 12.2. The van der Waals surface area contributed by atoms with Crippen LogP contribution >= 0.6 is 0 Å². The van der Waals surface area contributed by atoms with E-state index in [1.54, 1.807) is 0 Å². The van der Waals surface area contributed by atoms with Crippen LogP contribution in [-0.2, 0) is 9.59 Å². The van der Waals surface area contributed by atoms with Crippen LogP contribution in [-0.4, -0.2) is 36.1 Å². The number of amides is 2. The maximum absolute atomic E-state index is 12.6. The van der Waals surface area contributed by atoms with Crippen LogP contribution in [0, 0.1) is 0 Å². The van der Waals surface area contributed by atoms with E-state index in [-0.39, 0.29) is 30.2 Å². The van der Waals surface area contributed by atoms with Crippen molar-refractivity contribution in [2.45, 2.75) is 52.4 Å². The number of anilines is 2. The quantitative estimate of drug-likeness (QED) is 0.233. The van der Waals surface area contributed by atoms with Crippen molar-refractivity contribution in [2.24, 2.45) is 0 Å². The van der Waals surface area contributed by atoms with E-state index in [1.165, 1.54) is 29.3 Å². The number of carboxylic acid groups (broad SMARTS) is 1. The van der Waals surface area contributed by atoms with Gasteiger partial charge in [-0.3, -0.25) is 9.59 Å². The van der Waals surface area contributed by atoms with Crippen LogP contribution in [0.25, 0.3) is 0 Å². The molecule has 0 unspecified atom stereocenters. The minimum Gasteiger partial charge on any atom is -0.484 e. The molecule has 8 nitrogen and oxygen atoms in total. The highest BCUT2D eigenvalue weighted by atomic mass is 16.5. The van der Waals surface area contributed by atoms with Crippen molar-refractivity contribution in [2.75, 3.05) is 23.8 Å². The Bertz CT molecular complexity index is 1270. The predicted octanol–water partition coefficient (Wildman–Crippen LogP) is 6.45. The molecule has 0 saturated heterocycles. The number of carbonyl (C=O) groups excluding carboxylic acids is 2. The molecule has 0 saturated carbocycles. The lowest BCUT2D eigenvalue weighted by atomic mass is 9.99. The van der Waals surface area contributed by atoms with Gasteiger partial charge in [-0.2, -0.15) is 0 Å². The van der Waals surface area contributed by atoms with Gasteiger partial charge in [-0.05, 0) is 78.3 Å². The van der Waals surface area contributed by atoms with Crippen LogP contribution in [0.5, 0.6) is 11.5 Å². The first-order valence-electron chi connectivity index (χ1n) is 13.1. The van der Waals surface area contributed by atoms with Gasteiger partial charge in [0.05, 0.1) is 16.9 Å². The molecule has 206 valence electrons.